The van der Waals surface area contributed by atoms with Crippen LogP contribution in [0.5, 0.6) is 0 Å². The van der Waals surface area contributed by atoms with Crippen LogP contribution in [-0.2, 0) is 20.7 Å². The molecule has 1 aromatic heterocycles. The van der Waals surface area contributed by atoms with E-state index >= 15 is 0 Å². The number of nitrogens with zero attached hydrogens (tertiary/aromatic N) is 2. The van der Waals surface area contributed by atoms with Gasteiger partial charge in [0.15, 0.2) is 11.8 Å². The van der Waals surface area contributed by atoms with Gasteiger partial charge in [-0.05, 0) is 36.2 Å². The summed E-state index contributed by atoms with van der Waals surface area (Å²) in [5, 5.41) is 11.4. The van der Waals surface area contributed by atoms with Gasteiger partial charge < -0.3 is 10.1 Å². The Labute approximate surface area is 144 Å². The van der Waals surface area contributed by atoms with Crippen molar-refractivity contribution in [2.24, 2.45) is 0 Å². The molecule has 0 saturated heterocycles. The number of carbonyl (C=O) groups is 2. The first kappa shape index (κ1) is 17.4. The number of hydrogen-bond acceptors (Lipinski definition) is 5. The van der Waals surface area contributed by atoms with Gasteiger partial charge in [0.2, 0.25) is 0 Å². The maximum absolute atomic E-state index is 11.7. The Balaban J connectivity index is 1.73. The van der Waals surface area contributed by atoms with Crippen molar-refractivity contribution >= 4 is 29.2 Å². The minimum absolute atomic E-state index is 0.146. The number of ether oxygens (including phenoxy) is 1. The average Bonchev–Trinajstić information content (AvgIpc) is 2.60. The lowest BCUT2D eigenvalue weighted by atomic mass is 10.1. The Bertz CT molecular complexity index is 769. The molecular weight excluding hydrogens is 330 g/mol. The summed E-state index contributed by atoms with van der Waals surface area (Å²) in [5.74, 6) is -0.969. The largest absolute Gasteiger partial charge is 0.456 e. The molecule has 0 saturated carbocycles. The number of esters is 1. The second kappa shape index (κ2) is 8.65. The molecule has 24 heavy (non-hydrogen) atoms. The molecule has 2 rings (SSSR count). The van der Waals surface area contributed by atoms with Crippen LogP contribution >= 0.6 is 11.6 Å². The minimum Gasteiger partial charge on any atom is -0.456 e. The topological polar surface area (TPSA) is 92.1 Å². The van der Waals surface area contributed by atoms with E-state index in [-0.39, 0.29) is 11.6 Å². The van der Waals surface area contributed by atoms with Gasteiger partial charge in [0, 0.05) is 12.6 Å². The number of aryl methyl sites for hydroxylation is 1. The molecular formula is C17H14ClN3O3. The molecule has 0 radical (unpaired) electrons. The van der Waals surface area contributed by atoms with E-state index in [9.17, 15) is 9.59 Å². The maximum atomic E-state index is 11.7. The van der Waals surface area contributed by atoms with Crippen LogP contribution in [0.1, 0.15) is 17.5 Å². The fraction of sp³-hybridized carbons (Fsp3) is 0.176. The monoisotopic (exact) mass is 343 g/mol. The van der Waals surface area contributed by atoms with Crippen LogP contribution in [0.3, 0.4) is 0 Å². The molecule has 0 bridgehead atoms. The second-order valence-corrected chi connectivity index (χ2v) is 5.22. The fourth-order valence-electron chi connectivity index (χ4n) is 1.88. The van der Waals surface area contributed by atoms with Crippen molar-refractivity contribution in [3.63, 3.8) is 0 Å². The van der Waals surface area contributed by atoms with E-state index in [1.54, 1.807) is 36.4 Å². The lowest BCUT2D eigenvalue weighted by Crippen LogP contribution is -2.21. The lowest BCUT2D eigenvalue weighted by Gasteiger charge is -2.07. The van der Waals surface area contributed by atoms with Gasteiger partial charge >= 0.3 is 5.97 Å². The van der Waals surface area contributed by atoms with Crippen molar-refractivity contribution in [1.29, 1.82) is 5.26 Å². The van der Waals surface area contributed by atoms with E-state index in [0.717, 1.165) is 5.56 Å². The molecule has 0 aliphatic carbocycles. The van der Waals surface area contributed by atoms with Crippen molar-refractivity contribution in [3.8, 4) is 6.07 Å². The highest BCUT2D eigenvalue weighted by molar-refractivity contribution is 6.32. The summed E-state index contributed by atoms with van der Waals surface area (Å²) < 4.78 is 4.92. The van der Waals surface area contributed by atoms with E-state index in [4.69, 9.17) is 21.6 Å². The number of nitriles is 1. The molecule has 6 nitrogen and oxygen atoms in total. The number of nitrogens with one attached hydrogen (secondary N) is 1. The normalized spacial score (nSPS) is 9.83. The van der Waals surface area contributed by atoms with Crippen molar-refractivity contribution in [3.05, 3.63) is 58.9 Å². The molecule has 1 amide bonds. The van der Waals surface area contributed by atoms with Gasteiger partial charge in [0.05, 0.1) is 17.3 Å². The summed E-state index contributed by atoms with van der Waals surface area (Å²) in [6, 6.07) is 12.2. The minimum atomic E-state index is -0.489. The van der Waals surface area contributed by atoms with Crippen molar-refractivity contribution in [2.75, 3.05) is 11.9 Å². The first-order chi connectivity index (χ1) is 11.6. The highest BCUT2D eigenvalue weighted by Crippen LogP contribution is 2.17. The third kappa shape index (κ3) is 5.38. The molecule has 0 aliphatic heterocycles. The van der Waals surface area contributed by atoms with Crippen LogP contribution in [0.4, 0.5) is 5.69 Å². The van der Waals surface area contributed by atoms with E-state index in [1.807, 2.05) is 6.07 Å². The average molecular weight is 344 g/mol. The number of hydrogen-bond donors (Lipinski definition) is 1. The van der Waals surface area contributed by atoms with Gasteiger partial charge in [-0.3, -0.25) is 9.59 Å². The molecule has 1 N–H and O–H groups in total. The standard InChI is InChI=1S/C17H14ClN3O3/c18-17-14(2-1-9-20-17)21-15(22)11-24-16(23)8-7-12-3-5-13(10-19)6-4-12/h1-6,9H,7-8,11H2,(H,21,22). The number of rotatable bonds is 6. The fourth-order valence-corrected chi connectivity index (χ4v) is 2.04. The van der Waals surface area contributed by atoms with Crippen LogP contribution in [0, 0.1) is 11.3 Å². The zero-order chi connectivity index (χ0) is 17.4. The molecule has 0 spiro atoms. The van der Waals surface area contributed by atoms with E-state index in [0.29, 0.717) is 17.7 Å². The Morgan fingerprint density at radius 2 is 2.00 bits per heavy atom. The second-order valence-electron chi connectivity index (χ2n) is 4.86. The number of benzene rings is 1. The van der Waals surface area contributed by atoms with Gasteiger partial charge in [-0.15, -0.1) is 0 Å². The number of pyridine rings is 1. The Hall–Kier alpha value is -2.91. The van der Waals surface area contributed by atoms with Gasteiger partial charge in [-0.25, -0.2) is 4.98 Å². The van der Waals surface area contributed by atoms with Gasteiger partial charge in [0.1, 0.15) is 0 Å². The number of aromatic nitrogens is 1. The molecule has 0 fully saturated rings. The summed E-state index contributed by atoms with van der Waals surface area (Å²) in [5.41, 5.74) is 1.84. The lowest BCUT2D eigenvalue weighted by molar-refractivity contribution is -0.147. The van der Waals surface area contributed by atoms with Crippen LogP contribution < -0.4 is 5.32 Å². The van der Waals surface area contributed by atoms with Crippen LogP contribution in [0.15, 0.2) is 42.6 Å². The predicted molar refractivity (Wildman–Crippen MR) is 88.3 cm³/mol. The third-order valence-electron chi connectivity index (χ3n) is 3.10. The molecule has 1 aromatic carbocycles. The quantitative estimate of drug-likeness (QED) is 0.643. The molecule has 122 valence electrons. The van der Waals surface area contributed by atoms with Crippen molar-refractivity contribution < 1.29 is 14.3 Å². The number of carbonyl (C=O) groups excluding carboxylic acids is 2. The van der Waals surface area contributed by atoms with Crippen molar-refractivity contribution in [2.45, 2.75) is 12.8 Å². The molecule has 7 heteroatoms. The summed E-state index contributed by atoms with van der Waals surface area (Å²) >= 11 is 5.82. The maximum Gasteiger partial charge on any atom is 0.306 e. The Morgan fingerprint density at radius 1 is 1.25 bits per heavy atom. The SMILES string of the molecule is N#Cc1ccc(CCC(=O)OCC(=O)Nc2cccnc2Cl)cc1. The van der Waals surface area contributed by atoms with Gasteiger partial charge in [-0.1, -0.05) is 23.7 Å². The number of halogens is 1. The van der Waals surface area contributed by atoms with E-state index in [2.05, 4.69) is 10.3 Å². The zero-order valence-electron chi connectivity index (χ0n) is 12.7. The predicted octanol–water partition coefficient (Wildman–Crippen LogP) is 2.72. The third-order valence-corrected chi connectivity index (χ3v) is 3.40. The Kier molecular flexibility index (Phi) is 6.29. The first-order valence-electron chi connectivity index (χ1n) is 7.13. The zero-order valence-corrected chi connectivity index (χ0v) is 13.4. The first-order valence-corrected chi connectivity index (χ1v) is 7.51. The van der Waals surface area contributed by atoms with Gasteiger partial charge in [-0.2, -0.15) is 5.26 Å². The molecule has 0 aliphatic rings. The van der Waals surface area contributed by atoms with Crippen LogP contribution in [-0.4, -0.2) is 23.5 Å². The van der Waals surface area contributed by atoms with Crippen LogP contribution in [0.25, 0.3) is 0 Å². The van der Waals surface area contributed by atoms with E-state index in [1.165, 1.54) is 6.20 Å². The summed E-state index contributed by atoms with van der Waals surface area (Å²) in [4.78, 5) is 27.2. The smallest absolute Gasteiger partial charge is 0.306 e. The van der Waals surface area contributed by atoms with E-state index < -0.39 is 18.5 Å². The molecule has 0 unspecified atom stereocenters. The molecule has 2 aromatic rings. The highest BCUT2D eigenvalue weighted by Gasteiger charge is 2.10. The highest BCUT2D eigenvalue weighted by atomic mass is 35.5. The molecule has 1 heterocycles. The summed E-state index contributed by atoms with van der Waals surface area (Å²) in [7, 11) is 0. The summed E-state index contributed by atoms with van der Waals surface area (Å²) in [6.07, 6.45) is 2.12. The summed E-state index contributed by atoms with van der Waals surface area (Å²) in [6.45, 7) is -0.391. The number of amides is 1. The molecule has 0 atom stereocenters. The van der Waals surface area contributed by atoms with Crippen LogP contribution in [0.2, 0.25) is 5.15 Å². The Morgan fingerprint density at radius 3 is 2.67 bits per heavy atom. The van der Waals surface area contributed by atoms with Gasteiger partial charge in [0.25, 0.3) is 5.91 Å². The number of anilines is 1. The van der Waals surface area contributed by atoms with Crippen molar-refractivity contribution in [1.82, 2.24) is 4.98 Å².